The van der Waals surface area contributed by atoms with Crippen LogP contribution >= 0.6 is 0 Å². The van der Waals surface area contributed by atoms with E-state index in [2.05, 4.69) is 25.3 Å². The van der Waals surface area contributed by atoms with Gasteiger partial charge in [-0.25, -0.2) is 9.97 Å². The molecule has 1 N–H and O–H groups in total. The Kier molecular flexibility index (Phi) is 4.16. The molecule has 0 unspecified atom stereocenters. The normalized spacial score (nSPS) is 16.6. The van der Waals surface area contributed by atoms with E-state index < -0.39 is 0 Å². The summed E-state index contributed by atoms with van der Waals surface area (Å²) in [5, 5.41) is 3.46. The lowest BCUT2D eigenvalue weighted by molar-refractivity contribution is 0.615. The first-order chi connectivity index (χ1) is 9.92. The summed E-state index contributed by atoms with van der Waals surface area (Å²) in [5.74, 6) is 0.694. The first-order valence-corrected chi connectivity index (χ1v) is 7.28. The molecule has 5 nitrogen and oxygen atoms in total. The molecule has 0 amide bonds. The van der Waals surface area contributed by atoms with Crippen molar-refractivity contribution < 1.29 is 0 Å². The zero-order chi connectivity index (χ0) is 13.6. The Morgan fingerprint density at radius 2 is 1.75 bits per heavy atom. The fraction of sp³-hybridized carbons (Fsp3) is 0.467. The second-order valence-corrected chi connectivity index (χ2v) is 5.19. The first-order valence-electron chi connectivity index (χ1n) is 7.28. The highest BCUT2D eigenvalue weighted by Gasteiger charge is 2.13. The van der Waals surface area contributed by atoms with E-state index in [1.807, 2.05) is 6.07 Å². The number of hydrogen-bond donors (Lipinski definition) is 1. The van der Waals surface area contributed by atoms with E-state index in [0.29, 0.717) is 12.0 Å². The van der Waals surface area contributed by atoms with Gasteiger partial charge in [-0.1, -0.05) is 25.7 Å². The Labute approximate surface area is 118 Å². The van der Waals surface area contributed by atoms with Gasteiger partial charge in [-0.05, 0) is 18.9 Å². The maximum absolute atomic E-state index is 4.54. The number of nitrogens with zero attached hydrogens (tertiary/aromatic N) is 4. The molecule has 0 atom stereocenters. The van der Waals surface area contributed by atoms with Gasteiger partial charge in [0.25, 0.3) is 0 Å². The minimum Gasteiger partial charge on any atom is -0.351 e. The molecule has 20 heavy (non-hydrogen) atoms. The van der Waals surface area contributed by atoms with Crippen molar-refractivity contribution in [3.05, 3.63) is 30.9 Å². The van der Waals surface area contributed by atoms with Gasteiger partial charge in [0, 0.05) is 24.6 Å². The van der Waals surface area contributed by atoms with Crippen molar-refractivity contribution in [2.45, 2.75) is 44.6 Å². The van der Waals surface area contributed by atoms with Crippen LogP contribution in [0.4, 0.5) is 5.95 Å². The molecule has 1 aliphatic carbocycles. The highest BCUT2D eigenvalue weighted by atomic mass is 15.1. The second kappa shape index (κ2) is 6.41. The molecular formula is C15H19N5. The number of anilines is 1. The van der Waals surface area contributed by atoms with E-state index in [0.717, 1.165) is 11.4 Å². The summed E-state index contributed by atoms with van der Waals surface area (Å²) in [5.41, 5.74) is 1.59. The van der Waals surface area contributed by atoms with Gasteiger partial charge in [-0.2, -0.15) is 0 Å². The van der Waals surface area contributed by atoms with Crippen molar-refractivity contribution in [1.29, 1.82) is 0 Å². The van der Waals surface area contributed by atoms with E-state index in [-0.39, 0.29) is 0 Å². The Balaban J connectivity index is 1.74. The minimum atomic E-state index is 0.495. The van der Waals surface area contributed by atoms with Crippen molar-refractivity contribution >= 4 is 5.95 Å². The SMILES string of the molecule is c1cnc(-c2ccnc(NC3CCCCCC3)n2)cn1. The summed E-state index contributed by atoms with van der Waals surface area (Å²) >= 11 is 0. The van der Waals surface area contributed by atoms with Crippen LogP contribution in [0.2, 0.25) is 0 Å². The summed E-state index contributed by atoms with van der Waals surface area (Å²) in [4.78, 5) is 17.2. The molecule has 2 heterocycles. The van der Waals surface area contributed by atoms with Crippen LogP contribution in [0, 0.1) is 0 Å². The average Bonchev–Trinajstić information content (AvgIpc) is 2.77. The van der Waals surface area contributed by atoms with Crippen molar-refractivity contribution in [1.82, 2.24) is 19.9 Å². The maximum atomic E-state index is 4.54. The monoisotopic (exact) mass is 269 g/mol. The fourth-order valence-corrected chi connectivity index (χ4v) is 2.61. The Morgan fingerprint density at radius 1 is 0.900 bits per heavy atom. The zero-order valence-corrected chi connectivity index (χ0v) is 11.5. The summed E-state index contributed by atoms with van der Waals surface area (Å²) in [6.07, 6.45) is 14.5. The maximum Gasteiger partial charge on any atom is 0.223 e. The van der Waals surface area contributed by atoms with Crippen LogP contribution in [0.25, 0.3) is 11.4 Å². The molecule has 0 spiro atoms. The lowest BCUT2D eigenvalue weighted by atomic mass is 10.1. The molecule has 1 aliphatic rings. The number of aromatic nitrogens is 4. The second-order valence-electron chi connectivity index (χ2n) is 5.19. The van der Waals surface area contributed by atoms with E-state index >= 15 is 0 Å². The van der Waals surface area contributed by atoms with Crippen molar-refractivity contribution in [3.63, 3.8) is 0 Å². The van der Waals surface area contributed by atoms with E-state index in [1.165, 1.54) is 38.5 Å². The predicted octanol–water partition coefficient (Wildman–Crippen LogP) is 3.07. The summed E-state index contributed by atoms with van der Waals surface area (Å²) in [7, 11) is 0. The fourth-order valence-electron chi connectivity index (χ4n) is 2.61. The van der Waals surface area contributed by atoms with Gasteiger partial charge in [-0.15, -0.1) is 0 Å². The molecule has 0 aliphatic heterocycles. The minimum absolute atomic E-state index is 0.495. The van der Waals surface area contributed by atoms with Crippen molar-refractivity contribution in [2.24, 2.45) is 0 Å². The number of hydrogen-bond acceptors (Lipinski definition) is 5. The third kappa shape index (κ3) is 3.29. The molecule has 5 heteroatoms. The quantitative estimate of drug-likeness (QED) is 0.867. The lowest BCUT2D eigenvalue weighted by Gasteiger charge is -2.16. The number of nitrogens with one attached hydrogen (secondary N) is 1. The third-order valence-electron chi connectivity index (χ3n) is 3.67. The van der Waals surface area contributed by atoms with Gasteiger partial charge < -0.3 is 5.32 Å². The van der Waals surface area contributed by atoms with E-state index in [4.69, 9.17) is 0 Å². The number of rotatable bonds is 3. The first kappa shape index (κ1) is 13.0. The average molecular weight is 269 g/mol. The van der Waals surface area contributed by atoms with Crippen LogP contribution in [0.5, 0.6) is 0 Å². The molecule has 104 valence electrons. The molecule has 0 aromatic carbocycles. The highest BCUT2D eigenvalue weighted by molar-refractivity contribution is 5.53. The summed E-state index contributed by atoms with van der Waals surface area (Å²) < 4.78 is 0. The summed E-state index contributed by atoms with van der Waals surface area (Å²) in [6, 6.07) is 2.36. The van der Waals surface area contributed by atoms with Crippen LogP contribution < -0.4 is 5.32 Å². The van der Waals surface area contributed by atoms with E-state index in [9.17, 15) is 0 Å². The molecule has 1 saturated carbocycles. The molecular weight excluding hydrogens is 250 g/mol. The molecule has 0 bridgehead atoms. The summed E-state index contributed by atoms with van der Waals surface area (Å²) in [6.45, 7) is 0. The van der Waals surface area contributed by atoms with Gasteiger partial charge >= 0.3 is 0 Å². The molecule has 1 fully saturated rings. The standard InChI is InChI=1S/C15H19N5/c1-2-4-6-12(5-3-1)19-15-18-8-7-13(20-15)14-11-16-9-10-17-14/h7-12H,1-6H2,(H,18,19,20). The Hall–Kier alpha value is -2.04. The Bertz CT molecular complexity index is 535. The lowest BCUT2D eigenvalue weighted by Crippen LogP contribution is -2.20. The predicted molar refractivity (Wildman–Crippen MR) is 78.2 cm³/mol. The van der Waals surface area contributed by atoms with Crippen LogP contribution in [0.1, 0.15) is 38.5 Å². The Morgan fingerprint density at radius 3 is 2.50 bits per heavy atom. The van der Waals surface area contributed by atoms with Gasteiger partial charge in [0.05, 0.1) is 11.9 Å². The van der Waals surface area contributed by atoms with Gasteiger partial charge in [0.1, 0.15) is 5.69 Å². The molecule has 2 aromatic heterocycles. The molecule has 0 saturated heterocycles. The van der Waals surface area contributed by atoms with Crippen molar-refractivity contribution in [2.75, 3.05) is 5.32 Å². The van der Waals surface area contributed by atoms with E-state index in [1.54, 1.807) is 24.8 Å². The molecule has 0 radical (unpaired) electrons. The molecule has 3 rings (SSSR count). The smallest absolute Gasteiger partial charge is 0.223 e. The van der Waals surface area contributed by atoms with Gasteiger partial charge in [0.2, 0.25) is 5.95 Å². The third-order valence-corrected chi connectivity index (χ3v) is 3.67. The van der Waals surface area contributed by atoms with Crippen molar-refractivity contribution in [3.8, 4) is 11.4 Å². The van der Waals surface area contributed by atoms with Crippen LogP contribution in [0.15, 0.2) is 30.9 Å². The largest absolute Gasteiger partial charge is 0.351 e. The zero-order valence-electron chi connectivity index (χ0n) is 11.5. The molecule has 2 aromatic rings. The van der Waals surface area contributed by atoms with Crippen LogP contribution in [0.3, 0.4) is 0 Å². The van der Waals surface area contributed by atoms with Crippen LogP contribution in [-0.2, 0) is 0 Å². The highest BCUT2D eigenvalue weighted by Crippen LogP contribution is 2.20. The van der Waals surface area contributed by atoms with Crippen LogP contribution in [-0.4, -0.2) is 26.0 Å². The van der Waals surface area contributed by atoms with Gasteiger partial charge in [0.15, 0.2) is 0 Å². The topological polar surface area (TPSA) is 63.6 Å². The van der Waals surface area contributed by atoms with Gasteiger partial charge in [-0.3, -0.25) is 9.97 Å².